The fourth-order valence-electron chi connectivity index (χ4n) is 1.30. The average Bonchev–Trinajstić information content (AvgIpc) is 2.28. The SMILES string of the molecule is C#C[C@H](Cc1ccc(OC)cc1)NC(=O)O. The minimum Gasteiger partial charge on any atom is -0.497 e. The summed E-state index contributed by atoms with van der Waals surface area (Å²) < 4.78 is 5.01. The smallest absolute Gasteiger partial charge is 0.405 e. The van der Waals surface area contributed by atoms with Crippen molar-refractivity contribution in [2.75, 3.05) is 7.11 Å². The van der Waals surface area contributed by atoms with Crippen LogP contribution < -0.4 is 10.1 Å². The van der Waals surface area contributed by atoms with Gasteiger partial charge in [0.15, 0.2) is 0 Å². The van der Waals surface area contributed by atoms with Crippen LogP contribution in [0.3, 0.4) is 0 Å². The molecule has 4 nitrogen and oxygen atoms in total. The van der Waals surface area contributed by atoms with Gasteiger partial charge in [0, 0.05) is 6.42 Å². The monoisotopic (exact) mass is 219 g/mol. The van der Waals surface area contributed by atoms with Crippen LogP contribution in [0.2, 0.25) is 0 Å². The van der Waals surface area contributed by atoms with Crippen molar-refractivity contribution < 1.29 is 14.6 Å². The van der Waals surface area contributed by atoms with E-state index in [-0.39, 0.29) is 0 Å². The molecule has 0 saturated heterocycles. The number of nitrogens with one attached hydrogen (secondary N) is 1. The molecule has 16 heavy (non-hydrogen) atoms. The molecule has 0 saturated carbocycles. The average molecular weight is 219 g/mol. The highest BCUT2D eigenvalue weighted by molar-refractivity contribution is 5.65. The van der Waals surface area contributed by atoms with Crippen LogP contribution >= 0.6 is 0 Å². The molecule has 0 aliphatic rings. The van der Waals surface area contributed by atoms with E-state index in [9.17, 15) is 4.79 Å². The van der Waals surface area contributed by atoms with Crippen LogP contribution in [-0.2, 0) is 6.42 Å². The maximum Gasteiger partial charge on any atom is 0.405 e. The number of hydrogen-bond donors (Lipinski definition) is 2. The topological polar surface area (TPSA) is 58.6 Å². The third kappa shape index (κ3) is 3.54. The summed E-state index contributed by atoms with van der Waals surface area (Å²) in [6.07, 6.45) is 4.58. The minimum atomic E-state index is -1.11. The van der Waals surface area contributed by atoms with Gasteiger partial charge in [0.05, 0.1) is 13.2 Å². The Morgan fingerprint density at radius 1 is 1.56 bits per heavy atom. The first-order chi connectivity index (χ1) is 7.65. The zero-order valence-corrected chi connectivity index (χ0v) is 8.93. The van der Waals surface area contributed by atoms with Gasteiger partial charge < -0.3 is 15.2 Å². The predicted molar refractivity (Wildman–Crippen MR) is 60.5 cm³/mol. The zero-order chi connectivity index (χ0) is 12.0. The van der Waals surface area contributed by atoms with Crippen molar-refractivity contribution in [1.82, 2.24) is 5.32 Å². The molecule has 1 rings (SSSR count). The lowest BCUT2D eigenvalue weighted by Gasteiger charge is -2.10. The number of ether oxygens (including phenoxy) is 1. The Labute approximate surface area is 94.2 Å². The number of carboxylic acid groups (broad SMARTS) is 1. The van der Waals surface area contributed by atoms with Gasteiger partial charge in [0.2, 0.25) is 0 Å². The van der Waals surface area contributed by atoms with Gasteiger partial charge in [0.25, 0.3) is 0 Å². The number of benzene rings is 1. The summed E-state index contributed by atoms with van der Waals surface area (Å²) in [5.74, 6) is 3.14. The van der Waals surface area contributed by atoms with Crippen LogP contribution in [0.25, 0.3) is 0 Å². The highest BCUT2D eigenvalue weighted by atomic mass is 16.5. The second-order valence-electron chi connectivity index (χ2n) is 3.22. The van der Waals surface area contributed by atoms with Crippen LogP contribution in [0.15, 0.2) is 24.3 Å². The van der Waals surface area contributed by atoms with Crippen molar-refractivity contribution in [2.45, 2.75) is 12.5 Å². The Bertz CT molecular complexity index is 392. The summed E-state index contributed by atoms with van der Waals surface area (Å²) in [7, 11) is 1.59. The maximum absolute atomic E-state index is 10.4. The van der Waals surface area contributed by atoms with Crippen molar-refractivity contribution >= 4 is 6.09 Å². The van der Waals surface area contributed by atoms with Crippen LogP contribution in [0, 0.1) is 12.3 Å². The maximum atomic E-state index is 10.4. The van der Waals surface area contributed by atoms with Crippen LogP contribution in [0.4, 0.5) is 4.79 Å². The van der Waals surface area contributed by atoms with E-state index >= 15 is 0 Å². The van der Waals surface area contributed by atoms with Gasteiger partial charge in [-0.25, -0.2) is 4.79 Å². The highest BCUT2D eigenvalue weighted by Gasteiger charge is 2.08. The van der Waals surface area contributed by atoms with Gasteiger partial charge in [-0.15, -0.1) is 6.42 Å². The van der Waals surface area contributed by atoms with Gasteiger partial charge in [-0.05, 0) is 17.7 Å². The Hall–Kier alpha value is -2.15. The van der Waals surface area contributed by atoms with E-state index in [1.54, 1.807) is 7.11 Å². The summed E-state index contributed by atoms with van der Waals surface area (Å²) in [5.41, 5.74) is 0.956. The fourth-order valence-corrected chi connectivity index (χ4v) is 1.30. The Balaban J connectivity index is 2.64. The van der Waals surface area contributed by atoms with Gasteiger partial charge in [-0.3, -0.25) is 0 Å². The first-order valence-corrected chi connectivity index (χ1v) is 4.74. The van der Waals surface area contributed by atoms with E-state index in [1.807, 2.05) is 24.3 Å². The van der Waals surface area contributed by atoms with Crippen molar-refractivity contribution in [3.8, 4) is 18.1 Å². The lowest BCUT2D eigenvalue weighted by atomic mass is 10.1. The van der Waals surface area contributed by atoms with E-state index in [4.69, 9.17) is 16.3 Å². The van der Waals surface area contributed by atoms with Gasteiger partial charge in [-0.1, -0.05) is 18.1 Å². The summed E-state index contributed by atoms with van der Waals surface area (Å²) in [4.78, 5) is 10.4. The Morgan fingerprint density at radius 2 is 2.19 bits per heavy atom. The predicted octanol–water partition coefficient (Wildman–Crippen LogP) is 1.51. The molecule has 0 fully saturated rings. The minimum absolute atomic E-state index is 0.465. The third-order valence-electron chi connectivity index (χ3n) is 2.10. The molecular weight excluding hydrogens is 206 g/mol. The number of hydrogen-bond acceptors (Lipinski definition) is 2. The van der Waals surface area contributed by atoms with E-state index < -0.39 is 12.1 Å². The molecule has 0 aliphatic heterocycles. The van der Waals surface area contributed by atoms with Crippen LogP contribution in [-0.4, -0.2) is 24.4 Å². The van der Waals surface area contributed by atoms with E-state index in [0.29, 0.717) is 6.42 Å². The zero-order valence-electron chi connectivity index (χ0n) is 8.93. The molecule has 0 unspecified atom stereocenters. The number of methoxy groups -OCH3 is 1. The van der Waals surface area contributed by atoms with Crippen molar-refractivity contribution in [3.63, 3.8) is 0 Å². The number of rotatable bonds is 4. The first-order valence-electron chi connectivity index (χ1n) is 4.74. The second-order valence-corrected chi connectivity index (χ2v) is 3.22. The largest absolute Gasteiger partial charge is 0.497 e. The molecule has 0 bridgehead atoms. The molecule has 0 radical (unpaired) electrons. The van der Waals surface area contributed by atoms with Crippen molar-refractivity contribution in [1.29, 1.82) is 0 Å². The fraction of sp³-hybridized carbons (Fsp3) is 0.250. The quantitative estimate of drug-likeness (QED) is 0.754. The molecule has 1 aromatic rings. The Kier molecular flexibility index (Phi) is 4.22. The molecule has 2 N–H and O–H groups in total. The lowest BCUT2D eigenvalue weighted by molar-refractivity contribution is 0.192. The second kappa shape index (κ2) is 5.66. The molecule has 1 amide bonds. The van der Waals surface area contributed by atoms with Crippen LogP contribution in [0.5, 0.6) is 5.75 Å². The van der Waals surface area contributed by atoms with E-state index in [2.05, 4.69) is 11.2 Å². The van der Waals surface area contributed by atoms with Gasteiger partial charge in [0.1, 0.15) is 5.75 Å². The summed E-state index contributed by atoms with van der Waals surface area (Å²) in [5, 5.41) is 10.8. The molecule has 0 heterocycles. The van der Waals surface area contributed by atoms with E-state index in [1.165, 1.54) is 0 Å². The molecule has 1 aromatic carbocycles. The summed E-state index contributed by atoms with van der Waals surface area (Å²) in [6.45, 7) is 0. The lowest BCUT2D eigenvalue weighted by Crippen LogP contribution is -2.33. The van der Waals surface area contributed by atoms with Gasteiger partial charge in [-0.2, -0.15) is 0 Å². The molecule has 1 atom stereocenters. The molecular formula is C12H13NO3. The molecule has 0 aliphatic carbocycles. The summed E-state index contributed by atoms with van der Waals surface area (Å²) >= 11 is 0. The highest BCUT2D eigenvalue weighted by Crippen LogP contribution is 2.12. The number of carbonyl (C=O) groups is 1. The number of terminal acetylenes is 1. The molecule has 4 heteroatoms. The third-order valence-corrected chi connectivity index (χ3v) is 2.10. The van der Waals surface area contributed by atoms with E-state index in [0.717, 1.165) is 11.3 Å². The standard InChI is InChI=1S/C12H13NO3/c1-3-10(13-12(14)15)8-9-4-6-11(16-2)7-5-9/h1,4-7,10,13H,8H2,2H3,(H,14,15)/t10-/m1/s1. The van der Waals surface area contributed by atoms with Crippen LogP contribution in [0.1, 0.15) is 5.56 Å². The molecule has 0 aromatic heterocycles. The Morgan fingerprint density at radius 3 is 2.62 bits per heavy atom. The van der Waals surface area contributed by atoms with Gasteiger partial charge >= 0.3 is 6.09 Å². The first kappa shape index (κ1) is 11.9. The number of amides is 1. The van der Waals surface area contributed by atoms with Crippen molar-refractivity contribution in [3.05, 3.63) is 29.8 Å². The summed E-state index contributed by atoms with van der Waals surface area (Å²) in [6, 6.07) is 6.82. The van der Waals surface area contributed by atoms with Crippen molar-refractivity contribution in [2.24, 2.45) is 0 Å². The normalized spacial score (nSPS) is 11.2. The molecule has 0 spiro atoms. The molecule has 84 valence electrons.